The molecule has 0 saturated carbocycles. The third-order valence-corrected chi connectivity index (χ3v) is 4.10. The molecule has 140 valence electrons. The molecule has 0 fully saturated rings. The minimum absolute atomic E-state index is 0.0386. The van der Waals surface area contributed by atoms with E-state index < -0.39 is 0 Å². The second-order valence-electron chi connectivity index (χ2n) is 5.55. The third kappa shape index (κ3) is 3.37. The lowest BCUT2D eigenvalue weighted by Gasteiger charge is -2.13. The first-order valence-corrected chi connectivity index (χ1v) is 7.96. The molecule has 1 aromatic heterocycles. The van der Waals surface area contributed by atoms with Crippen LogP contribution in [0.4, 0.5) is 0 Å². The number of amidine groups is 1. The molecule has 0 bridgehead atoms. The Balaban J connectivity index is 2.07. The lowest BCUT2D eigenvalue weighted by atomic mass is 10.0. The van der Waals surface area contributed by atoms with Gasteiger partial charge in [0.05, 0.1) is 27.5 Å². The van der Waals surface area contributed by atoms with Crippen molar-refractivity contribution in [2.45, 2.75) is 0 Å². The van der Waals surface area contributed by atoms with Gasteiger partial charge >= 0.3 is 0 Å². The lowest BCUT2D eigenvalue weighted by molar-refractivity contribution is 0.318. The number of nitrogens with zero attached hydrogens (tertiary/aromatic N) is 2. The molecule has 0 radical (unpaired) electrons. The second-order valence-corrected chi connectivity index (χ2v) is 5.55. The van der Waals surface area contributed by atoms with Gasteiger partial charge in [0.2, 0.25) is 5.75 Å². The van der Waals surface area contributed by atoms with Gasteiger partial charge in [-0.05, 0) is 17.7 Å². The number of aromatic nitrogens is 1. The number of methoxy groups -OCH3 is 3. The van der Waals surface area contributed by atoms with Crippen molar-refractivity contribution in [1.82, 2.24) is 5.16 Å². The average molecular weight is 369 g/mol. The van der Waals surface area contributed by atoms with Crippen LogP contribution in [0.3, 0.4) is 0 Å². The molecular formula is C19H19N3O5. The number of nitrogens with two attached hydrogens (primary N) is 1. The smallest absolute Gasteiger partial charge is 0.203 e. The zero-order valence-corrected chi connectivity index (χ0v) is 15.1. The zero-order valence-electron chi connectivity index (χ0n) is 15.1. The van der Waals surface area contributed by atoms with Crippen molar-refractivity contribution in [3.63, 3.8) is 0 Å². The molecule has 0 amide bonds. The quantitative estimate of drug-likeness (QED) is 0.297. The molecule has 8 heteroatoms. The molecule has 0 spiro atoms. The van der Waals surface area contributed by atoms with Crippen LogP contribution in [-0.2, 0) is 0 Å². The van der Waals surface area contributed by atoms with Crippen LogP contribution in [0.2, 0.25) is 0 Å². The number of hydrogen-bond donors (Lipinski definition) is 2. The molecule has 0 saturated heterocycles. The van der Waals surface area contributed by atoms with Gasteiger partial charge in [0, 0.05) is 16.7 Å². The number of ether oxygens (including phenoxy) is 3. The summed E-state index contributed by atoms with van der Waals surface area (Å²) in [5.41, 5.74) is 8.56. The number of oxime groups is 1. The number of rotatable bonds is 6. The van der Waals surface area contributed by atoms with Gasteiger partial charge in [-0.25, -0.2) is 0 Å². The molecule has 3 aromatic rings. The fourth-order valence-corrected chi connectivity index (χ4v) is 2.74. The Morgan fingerprint density at radius 1 is 1.00 bits per heavy atom. The molecule has 3 rings (SSSR count). The van der Waals surface area contributed by atoms with Gasteiger partial charge in [-0.1, -0.05) is 34.6 Å². The molecule has 1 heterocycles. The highest BCUT2D eigenvalue weighted by atomic mass is 16.5. The predicted octanol–water partition coefficient (Wildman–Crippen LogP) is 3.13. The van der Waals surface area contributed by atoms with Gasteiger partial charge in [-0.15, -0.1) is 0 Å². The SMILES string of the molecule is COc1cc(-c2oncc2-c2ccc(C(N)=NO)cc2)cc(OC)c1OC. The fraction of sp³-hybridized carbons (Fsp3) is 0.158. The van der Waals surface area contributed by atoms with E-state index in [1.54, 1.807) is 51.8 Å². The summed E-state index contributed by atoms with van der Waals surface area (Å²) in [5, 5.41) is 15.7. The maximum atomic E-state index is 8.78. The van der Waals surface area contributed by atoms with Crippen molar-refractivity contribution in [1.29, 1.82) is 0 Å². The first-order chi connectivity index (χ1) is 13.1. The maximum Gasteiger partial charge on any atom is 0.203 e. The summed E-state index contributed by atoms with van der Waals surface area (Å²) in [5.74, 6) is 2.10. The Morgan fingerprint density at radius 2 is 1.63 bits per heavy atom. The fourth-order valence-electron chi connectivity index (χ4n) is 2.74. The van der Waals surface area contributed by atoms with E-state index >= 15 is 0 Å². The van der Waals surface area contributed by atoms with Crippen LogP contribution in [0.5, 0.6) is 17.2 Å². The van der Waals surface area contributed by atoms with Gasteiger partial charge in [-0.2, -0.15) is 0 Å². The van der Waals surface area contributed by atoms with Crippen molar-refractivity contribution in [3.8, 4) is 39.7 Å². The zero-order chi connectivity index (χ0) is 19.4. The van der Waals surface area contributed by atoms with Crippen molar-refractivity contribution < 1.29 is 23.9 Å². The summed E-state index contributed by atoms with van der Waals surface area (Å²) in [6.07, 6.45) is 1.62. The molecule has 27 heavy (non-hydrogen) atoms. The van der Waals surface area contributed by atoms with Crippen LogP contribution in [0.15, 0.2) is 52.3 Å². The number of hydrogen-bond acceptors (Lipinski definition) is 7. The molecule has 0 aliphatic rings. The third-order valence-electron chi connectivity index (χ3n) is 4.10. The highest BCUT2D eigenvalue weighted by molar-refractivity contribution is 5.97. The Morgan fingerprint density at radius 3 is 2.15 bits per heavy atom. The summed E-state index contributed by atoms with van der Waals surface area (Å²) < 4.78 is 21.6. The molecule has 2 aromatic carbocycles. The molecule has 0 aliphatic heterocycles. The van der Waals surface area contributed by atoms with Crippen molar-refractivity contribution >= 4 is 5.84 Å². The normalized spacial score (nSPS) is 11.3. The minimum Gasteiger partial charge on any atom is -0.493 e. The second kappa shape index (κ2) is 7.69. The first kappa shape index (κ1) is 18.1. The summed E-state index contributed by atoms with van der Waals surface area (Å²) in [6.45, 7) is 0. The van der Waals surface area contributed by atoms with Gasteiger partial charge in [0.25, 0.3) is 0 Å². The van der Waals surface area contributed by atoms with Crippen molar-refractivity contribution in [3.05, 3.63) is 48.2 Å². The van der Waals surface area contributed by atoms with Crippen LogP contribution in [-0.4, -0.2) is 37.5 Å². The lowest BCUT2D eigenvalue weighted by Crippen LogP contribution is -2.12. The van der Waals surface area contributed by atoms with Crippen LogP contribution in [0.1, 0.15) is 5.56 Å². The molecular weight excluding hydrogens is 350 g/mol. The molecule has 3 N–H and O–H groups in total. The molecule has 0 unspecified atom stereocenters. The van der Waals surface area contributed by atoms with E-state index in [1.807, 2.05) is 12.1 Å². The van der Waals surface area contributed by atoms with E-state index in [2.05, 4.69) is 10.3 Å². The van der Waals surface area contributed by atoms with Gasteiger partial charge in [-0.3, -0.25) is 0 Å². The summed E-state index contributed by atoms with van der Waals surface area (Å²) in [6, 6.07) is 10.7. The number of benzene rings is 2. The van der Waals surface area contributed by atoms with Crippen LogP contribution < -0.4 is 19.9 Å². The van der Waals surface area contributed by atoms with Crippen LogP contribution >= 0.6 is 0 Å². The average Bonchev–Trinajstić information content (AvgIpc) is 3.21. The van der Waals surface area contributed by atoms with E-state index in [4.69, 9.17) is 29.7 Å². The highest BCUT2D eigenvalue weighted by Gasteiger charge is 2.19. The van der Waals surface area contributed by atoms with Crippen molar-refractivity contribution in [2.75, 3.05) is 21.3 Å². The summed E-state index contributed by atoms with van der Waals surface area (Å²) in [4.78, 5) is 0. The van der Waals surface area contributed by atoms with E-state index in [0.717, 1.165) is 16.7 Å². The van der Waals surface area contributed by atoms with E-state index in [1.165, 1.54) is 0 Å². The Hall–Kier alpha value is -3.68. The summed E-state index contributed by atoms with van der Waals surface area (Å²) >= 11 is 0. The summed E-state index contributed by atoms with van der Waals surface area (Å²) in [7, 11) is 4.64. The maximum absolute atomic E-state index is 8.78. The molecule has 0 atom stereocenters. The topological polar surface area (TPSA) is 112 Å². The molecule has 0 aliphatic carbocycles. The van der Waals surface area contributed by atoms with E-state index in [-0.39, 0.29) is 5.84 Å². The minimum atomic E-state index is 0.0386. The highest BCUT2D eigenvalue weighted by Crippen LogP contribution is 2.43. The first-order valence-electron chi connectivity index (χ1n) is 7.96. The standard InChI is InChI=1S/C19H19N3O5/c1-24-15-8-13(9-16(25-2)18(15)26-3)17-14(10-21-27-17)11-4-6-12(7-5-11)19(20)22-23/h4-10,23H,1-3H3,(H2,20,22). The van der Waals surface area contributed by atoms with Crippen LogP contribution in [0, 0.1) is 0 Å². The Kier molecular flexibility index (Phi) is 5.16. The largest absolute Gasteiger partial charge is 0.493 e. The van der Waals surface area contributed by atoms with Crippen LogP contribution in [0.25, 0.3) is 22.5 Å². The Labute approximate surface area is 155 Å². The van der Waals surface area contributed by atoms with E-state index in [0.29, 0.717) is 28.6 Å². The predicted molar refractivity (Wildman–Crippen MR) is 99.5 cm³/mol. The Bertz CT molecular complexity index is 939. The van der Waals surface area contributed by atoms with Crippen molar-refractivity contribution in [2.24, 2.45) is 10.9 Å². The van der Waals surface area contributed by atoms with Gasteiger partial charge in [0.15, 0.2) is 23.1 Å². The van der Waals surface area contributed by atoms with Gasteiger partial charge < -0.3 is 29.7 Å². The monoisotopic (exact) mass is 369 g/mol. The molecule has 8 nitrogen and oxygen atoms in total. The van der Waals surface area contributed by atoms with Gasteiger partial charge in [0.1, 0.15) is 0 Å². The van der Waals surface area contributed by atoms with E-state index in [9.17, 15) is 0 Å².